The van der Waals surface area contributed by atoms with Crippen molar-refractivity contribution in [1.82, 2.24) is 4.98 Å². The molecule has 11 rings (SSSR count). The first kappa shape index (κ1) is 31.5. The standard InChI is InChI=1S/C51H32N2OS/c1-2-13-37(14-3-1)51-52-49-45(54-51)32-47-48(44-18-8-9-20-46(44)55-47)50(49)53(40-27-23-34(24-28-40)39-22-21-33-11-4-5-15-38(33)31-39)41-29-25-36(26-30-41)43-19-10-16-35-12-6-7-17-42(35)43/h1-32H. The number of nitrogens with zero attached hydrogens (tertiary/aromatic N) is 2. The van der Waals surface area contributed by atoms with E-state index in [2.05, 4.69) is 181 Å². The summed E-state index contributed by atoms with van der Waals surface area (Å²) in [6.07, 6.45) is 0. The van der Waals surface area contributed by atoms with Crippen molar-refractivity contribution in [2.45, 2.75) is 0 Å². The van der Waals surface area contributed by atoms with Crippen molar-refractivity contribution >= 4 is 81.2 Å². The number of hydrogen-bond acceptors (Lipinski definition) is 4. The Kier molecular flexibility index (Phi) is 7.35. The van der Waals surface area contributed by atoms with Gasteiger partial charge in [-0.2, -0.15) is 0 Å². The first-order valence-electron chi connectivity index (χ1n) is 18.5. The highest BCUT2D eigenvalue weighted by atomic mass is 32.1. The summed E-state index contributed by atoms with van der Waals surface area (Å²) in [6.45, 7) is 0. The molecule has 11 aromatic rings. The SMILES string of the molecule is c1ccc(-c2nc3c(N(c4ccc(-c5ccc6ccccc6c5)cc4)c4ccc(-c5cccc6ccccc56)cc4)c4c(cc3o2)sc2ccccc24)cc1. The Labute approximate surface area is 322 Å². The first-order valence-corrected chi connectivity index (χ1v) is 19.3. The summed E-state index contributed by atoms with van der Waals surface area (Å²) in [4.78, 5) is 7.65. The highest BCUT2D eigenvalue weighted by molar-refractivity contribution is 7.26. The molecule has 9 aromatic carbocycles. The van der Waals surface area contributed by atoms with Crippen LogP contribution in [0.2, 0.25) is 0 Å². The van der Waals surface area contributed by atoms with E-state index in [1.165, 1.54) is 48.3 Å². The third-order valence-electron chi connectivity index (χ3n) is 10.7. The maximum absolute atomic E-state index is 6.62. The van der Waals surface area contributed by atoms with Crippen LogP contribution in [0.3, 0.4) is 0 Å². The predicted octanol–water partition coefficient (Wildman–Crippen LogP) is 15.0. The van der Waals surface area contributed by atoms with E-state index < -0.39 is 0 Å². The van der Waals surface area contributed by atoms with E-state index in [9.17, 15) is 0 Å². The highest BCUT2D eigenvalue weighted by Crippen LogP contribution is 2.49. The van der Waals surface area contributed by atoms with Crippen molar-refractivity contribution in [3.8, 4) is 33.7 Å². The molecule has 0 radical (unpaired) electrons. The Morgan fingerprint density at radius 3 is 1.87 bits per heavy atom. The molecule has 0 unspecified atom stereocenters. The Hall–Kier alpha value is -7.01. The summed E-state index contributed by atoms with van der Waals surface area (Å²) < 4.78 is 9.01. The third kappa shape index (κ3) is 5.38. The van der Waals surface area contributed by atoms with Crippen LogP contribution in [-0.4, -0.2) is 4.98 Å². The van der Waals surface area contributed by atoms with Crippen molar-refractivity contribution < 1.29 is 4.42 Å². The van der Waals surface area contributed by atoms with Gasteiger partial charge < -0.3 is 9.32 Å². The van der Waals surface area contributed by atoms with Crippen LogP contribution in [0.1, 0.15) is 0 Å². The molecule has 0 atom stereocenters. The molecule has 3 nitrogen and oxygen atoms in total. The topological polar surface area (TPSA) is 29.3 Å². The number of anilines is 3. The molecule has 0 aliphatic rings. The Morgan fingerprint density at radius 1 is 0.436 bits per heavy atom. The molecule has 0 amide bonds. The van der Waals surface area contributed by atoms with Crippen LogP contribution >= 0.6 is 11.3 Å². The minimum atomic E-state index is 0.608. The zero-order valence-electron chi connectivity index (χ0n) is 29.7. The van der Waals surface area contributed by atoms with E-state index >= 15 is 0 Å². The Morgan fingerprint density at radius 2 is 1.07 bits per heavy atom. The van der Waals surface area contributed by atoms with Crippen LogP contribution in [0.5, 0.6) is 0 Å². The van der Waals surface area contributed by atoms with Crippen molar-refractivity contribution in [2.75, 3.05) is 4.90 Å². The second-order valence-corrected chi connectivity index (χ2v) is 15.0. The van der Waals surface area contributed by atoms with Gasteiger partial charge in [0.25, 0.3) is 0 Å². The fourth-order valence-electron chi connectivity index (χ4n) is 8.02. The van der Waals surface area contributed by atoms with Gasteiger partial charge in [0.2, 0.25) is 5.89 Å². The number of aromatic nitrogens is 1. The number of benzene rings is 9. The van der Waals surface area contributed by atoms with Crippen molar-refractivity contribution in [2.24, 2.45) is 0 Å². The van der Waals surface area contributed by atoms with Gasteiger partial charge in [-0.05, 0) is 92.3 Å². The number of thiophene rings is 1. The summed E-state index contributed by atoms with van der Waals surface area (Å²) in [6, 6.07) is 69.3. The molecule has 0 aliphatic carbocycles. The van der Waals surface area contributed by atoms with Crippen LogP contribution in [0.15, 0.2) is 199 Å². The number of rotatable bonds is 6. The minimum absolute atomic E-state index is 0.608. The first-order chi connectivity index (χ1) is 27.2. The van der Waals surface area contributed by atoms with E-state index in [4.69, 9.17) is 9.40 Å². The van der Waals surface area contributed by atoms with Crippen LogP contribution in [0.25, 0.3) is 86.5 Å². The third-order valence-corrected chi connectivity index (χ3v) is 11.8. The maximum Gasteiger partial charge on any atom is 0.227 e. The summed E-state index contributed by atoms with van der Waals surface area (Å²) in [5.74, 6) is 0.608. The van der Waals surface area contributed by atoms with Gasteiger partial charge in [-0.3, -0.25) is 0 Å². The van der Waals surface area contributed by atoms with Crippen LogP contribution in [-0.2, 0) is 0 Å². The van der Waals surface area contributed by atoms with Gasteiger partial charge in [0.15, 0.2) is 5.58 Å². The van der Waals surface area contributed by atoms with Gasteiger partial charge in [0.1, 0.15) is 5.52 Å². The smallest absolute Gasteiger partial charge is 0.227 e. The molecule has 258 valence electrons. The molecule has 0 saturated carbocycles. The van der Waals surface area contributed by atoms with Crippen molar-refractivity contribution in [3.05, 3.63) is 194 Å². The summed E-state index contributed by atoms with van der Waals surface area (Å²) in [5.41, 5.74) is 10.4. The highest BCUT2D eigenvalue weighted by Gasteiger charge is 2.25. The van der Waals surface area contributed by atoms with E-state index in [1.807, 2.05) is 18.2 Å². The molecule has 0 aliphatic heterocycles. The van der Waals surface area contributed by atoms with Gasteiger partial charge in [0.05, 0.1) is 5.69 Å². The average molecular weight is 721 g/mol. The van der Waals surface area contributed by atoms with Crippen molar-refractivity contribution in [1.29, 1.82) is 0 Å². The largest absolute Gasteiger partial charge is 0.436 e. The lowest BCUT2D eigenvalue weighted by molar-refractivity contribution is 0.620. The second-order valence-electron chi connectivity index (χ2n) is 13.9. The van der Waals surface area contributed by atoms with Gasteiger partial charge in [-0.1, -0.05) is 140 Å². The predicted molar refractivity (Wildman–Crippen MR) is 233 cm³/mol. The maximum atomic E-state index is 6.62. The lowest BCUT2D eigenvalue weighted by Gasteiger charge is -2.27. The quantitative estimate of drug-likeness (QED) is 0.171. The fourth-order valence-corrected chi connectivity index (χ4v) is 9.15. The van der Waals surface area contributed by atoms with Crippen LogP contribution in [0, 0.1) is 0 Å². The van der Waals surface area contributed by atoms with Gasteiger partial charge >= 0.3 is 0 Å². The van der Waals surface area contributed by atoms with E-state index in [-0.39, 0.29) is 0 Å². The van der Waals surface area contributed by atoms with Gasteiger partial charge in [0, 0.05) is 43.2 Å². The summed E-state index contributed by atoms with van der Waals surface area (Å²) in [5, 5.41) is 7.31. The molecule has 55 heavy (non-hydrogen) atoms. The van der Waals surface area contributed by atoms with E-state index in [0.29, 0.717) is 5.89 Å². The normalized spacial score (nSPS) is 11.6. The van der Waals surface area contributed by atoms with Crippen LogP contribution < -0.4 is 4.90 Å². The summed E-state index contributed by atoms with van der Waals surface area (Å²) >= 11 is 1.79. The number of hydrogen-bond donors (Lipinski definition) is 0. The lowest BCUT2D eigenvalue weighted by atomic mass is 9.97. The molecular formula is C51H32N2OS. The minimum Gasteiger partial charge on any atom is -0.436 e. The monoisotopic (exact) mass is 720 g/mol. The molecule has 0 spiro atoms. The van der Waals surface area contributed by atoms with Crippen LogP contribution in [0.4, 0.5) is 17.1 Å². The Balaban J connectivity index is 1.14. The number of fused-ring (bicyclic) bond motifs is 6. The molecule has 0 N–H and O–H groups in total. The molecular weight excluding hydrogens is 689 g/mol. The molecule has 2 heterocycles. The molecule has 4 heteroatoms. The van der Waals surface area contributed by atoms with E-state index in [1.54, 1.807) is 11.3 Å². The lowest BCUT2D eigenvalue weighted by Crippen LogP contribution is -2.11. The second kappa shape index (κ2) is 12.8. The fraction of sp³-hybridized carbons (Fsp3) is 0. The molecule has 0 saturated heterocycles. The molecule has 0 bridgehead atoms. The number of oxazole rings is 1. The van der Waals surface area contributed by atoms with Gasteiger partial charge in [-0.15, -0.1) is 11.3 Å². The van der Waals surface area contributed by atoms with Crippen molar-refractivity contribution in [3.63, 3.8) is 0 Å². The zero-order chi connectivity index (χ0) is 36.3. The zero-order valence-corrected chi connectivity index (χ0v) is 30.5. The Bertz CT molecular complexity index is 3190. The van der Waals surface area contributed by atoms with E-state index in [0.717, 1.165) is 49.4 Å². The molecule has 2 aromatic heterocycles. The van der Waals surface area contributed by atoms with Gasteiger partial charge in [-0.25, -0.2) is 4.98 Å². The summed E-state index contributed by atoms with van der Waals surface area (Å²) in [7, 11) is 0. The molecule has 0 fully saturated rings. The average Bonchev–Trinajstić information content (AvgIpc) is 3.85.